The van der Waals surface area contributed by atoms with E-state index in [-0.39, 0.29) is 22.8 Å². The Labute approximate surface area is 202 Å². The number of hydrogen-bond acceptors (Lipinski definition) is 4. The molecule has 7 rings (SSSR count). The number of carbonyl (C=O) groups excluding carboxylic acids is 1. The molecule has 1 aromatic heterocycles. The van der Waals surface area contributed by atoms with Crippen LogP contribution >= 0.6 is 0 Å². The van der Waals surface area contributed by atoms with Gasteiger partial charge in [0, 0.05) is 31.1 Å². The summed E-state index contributed by atoms with van der Waals surface area (Å²) in [5.41, 5.74) is 3.15. The molecule has 5 nitrogen and oxygen atoms in total. The second-order valence-electron chi connectivity index (χ2n) is 11.9. The molecule has 5 heteroatoms. The minimum atomic E-state index is 0.000427. The molecule has 1 saturated heterocycles. The molecular weight excluding hydrogens is 424 g/mol. The molecule has 4 fully saturated rings. The summed E-state index contributed by atoms with van der Waals surface area (Å²) in [6.07, 6.45) is 12.5. The van der Waals surface area contributed by atoms with Crippen LogP contribution in [0.15, 0.2) is 41.0 Å². The Morgan fingerprint density at radius 1 is 1.18 bits per heavy atom. The summed E-state index contributed by atoms with van der Waals surface area (Å²) in [5, 5.41) is 10.6. The molecule has 3 saturated carbocycles. The number of phenols is 1. The number of nitrogens with zero attached hydrogens (tertiary/aromatic N) is 2. The summed E-state index contributed by atoms with van der Waals surface area (Å²) >= 11 is 0. The Bertz CT molecular complexity index is 1110. The van der Waals surface area contributed by atoms with Crippen LogP contribution in [0.4, 0.5) is 0 Å². The molecule has 1 aromatic carbocycles. The van der Waals surface area contributed by atoms with Crippen molar-refractivity contribution in [3.63, 3.8) is 0 Å². The Kier molecular flexibility index (Phi) is 4.56. The van der Waals surface area contributed by atoms with Crippen molar-refractivity contribution < 1.29 is 14.3 Å². The molecule has 1 N–H and O–H groups in total. The van der Waals surface area contributed by atoms with Crippen molar-refractivity contribution >= 4 is 5.91 Å². The van der Waals surface area contributed by atoms with Crippen LogP contribution in [0.1, 0.15) is 73.0 Å². The van der Waals surface area contributed by atoms with Gasteiger partial charge in [-0.25, -0.2) is 0 Å². The zero-order chi connectivity index (χ0) is 23.1. The van der Waals surface area contributed by atoms with Crippen molar-refractivity contribution in [2.45, 2.75) is 75.3 Å². The van der Waals surface area contributed by atoms with Gasteiger partial charge in [-0.15, -0.1) is 0 Å². The normalized spacial score (nSPS) is 36.4. The Balaban J connectivity index is 1.35. The summed E-state index contributed by atoms with van der Waals surface area (Å²) in [6, 6.07) is 10.6. The lowest BCUT2D eigenvalue weighted by atomic mass is 9.47. The molecule has 0 spiro atoms. The van der Waals surface area contributed by atoms with Crippen molar-refractivity contribution in [3.05, 3.63) is 53.5 Å². The van der Waals surface area contributed by atoms with Gasteiger partial charge in [0.25, 0.3) is 5.91 Å². The highest BCUT2D eigenvalue weighted by atomic mass is 16.3. The van der Waals surface area contributed by atoms with Gasteiger partial charge < -0.3 is 14.4 Å². The average molecular weight is 461 g/mol. The third-order valence-electron chi connectivity index (χ3n) is 10.6. The monoisotopic (exact) mass is 460 g/mol. The molecule has 2 heterocycles. The fourth-order valence-electron chi connectivity index (χ4n) is 9.17. The quantitative estimate of drug-likeness (QED) is 0.699. The third-order valence-corrected chi connectivity index (χ3v) is 10.6. The van der Waals surface area contributed by atoms with E-state index in [9.17, 15) is 9.90 Å². The number of benzene rings is 1. The standard InChI is InChI=1S/C29H36N2O3/c1-30(27(33)25-5-3-15-34-25)24-4-2-11-28-12-10-22(24)29(28)13-14-31(18-19-6-7-19)26(28)16-20-8-9-21(32)17-23(20)29/h3,5,8-9,15,17,19,22,24,26,32H,2,4,6-7,10-14,16,18H2,1H3/t22?,24-,26?,28?,29?/m0/s1. The molecule has 4 unspecified atom stereocenters. The number of fused-ring (bicyclic) bond motifs is 1. The van der Waals surface area contributed by atoms with Gasteiger partial charge >= 0.3 is 0 Å². The van der Waals surface area contributed by atoms with E-state index in [0.29, 0.717) is 23.5 Å². The van der Waals surface area contributed by atoms with Crippen LogP contribution in [-0.4, -0.2) is 53.0 Å². The number of phenolic OH excluding ortho intramolecular Hbond substituents is 1. The van der Waals surface area contributed by atoms with Crippen LogP contribution < -0.4 is 0 Å². The van der Waals surface area contributed by atoms with Crippen LogP contribution in [0.25, 0.3) is 0 Å². The molecule has 4 aliphatic carbocycles. The molecule has 34 heavy (non-hydrogen) atoms. The van der Waals surface area contributed by atoms with Gasteiger partial charge in [-0.2, -0.15) is 0 Å². The second kappa shape index (κ2) is 7.36. The number of furan rings is 1. The number of piperidine rings is 1. The van der Waals surface area contributed by atoms with Gasteiger partial charge in [-0.05, 0) is 111 Å². The zero-order valence-electron chi connectivity index (χ0n) is 20.2. The molecule has 2 aromatic rings. The fourth-order valence-corrected chi connectivity index (χ4v) is 9.17. The molecule has 0 radical (unpaired) electrons. The minimum absolute atomic E-state index is 0.000427. The first-order chi connectivity index (χ1) is 16.5. The summed E-state index contributed by atoms with van der Waals surface area (Å²) < 4.78 is 5.50. The third kappa shape index (κ3) is 2.73. The minimum Gasteiger partial charge on any atom is -0.508 e. The summed E-state index contributed by atoms with van der Waals surface area (Å²) in [5.74, 6) is 2.15. The van der Waals surface area contributed by atoms with Crippen LogP contribution in [-0.2, 0) is 11.8 Å². The van der Waals surface area contributed by atoms with Gasteiger partial charge in [-0.3, -0.25) is 9.69 Å². The second-order valence-corrected chi connectivity index (χ2v) is 11.9. The number of amides is 1. The predicted molar refractivity (Wildman–Crippen MR) is 130 cm³/mol. The van der Waals surface area contributed by atoms with Gasteiger partial charge in [0.2, 0.25) is 0 Å². The first-order valence-electron chi connectivity index (χ1n) is 13.4. The number of hydrogen-bond donors (Lipinski definition) is 1. The fraction of sp³-hybridized carbons (Fsp3) is 0.621. The van der Waals surface area contributed by atoms with Crippen molar-refractivity contribution in [1.29, 1.82) is 0 Å². The van der Waals surface area contributed by atoms with Gasteiger partial charge in [0.1, 0.15) is 5.75 Å². The van der Waals surface area contributed by atoms with Crippen LogP contribution in [0.3, 0.4) is 0 Å². The smallest absolute Gasteiger partial charge is 0.289 e. The van der Waals surface area contributed by atoms with E-state index in [0.717, 1.165) is 31.7 Å². The zero-order valence-corrected chi connectivity index (χ0v) is 20.2. The maximum atomic E-state index is 13.4. The number of aromatic hydroxyl groups is 1. The van der Waals surface area contributed by atoms with Crippen molar-refractivity contribution in [2.24, 2.45) is 17.3 Å². The van der Waals surface area contributed by atoms with Crippen LogP contribution in [0.5, 0.6) is 5.75 Å². The maximum absolute atomic E-state index is 13.4. The SMILES string of the molecule is CN(C(=O)c1ccco1)[C@H]1CCCC23CCC1C21CCN(CC2CC2)C3Cc2ccc(O)cc21. The van der Waals surface area contributed by atoms with Gasteiger partial charge in [0.15, 0.2) is 5.76 Å². The van der Waals surface area contributed by atoms with Gasteiger partial charge in [0.05, 0.1) is 6.26 Å². The largest absolute Gasteiger partial charge is 0.508 e. The first-order valence-corrected chi connectivity index (χ1v) is 13.4. The van der Waals surface area contributed by atoms with E-state index in [4.69, 9.17) is 4.42 Å². The molecule has 5 aliphatic rings. The Morgan fingerprint density at radius 2 is 2.06 bits per heavy atom. The number of likely N-dealkylation sites (tertiary alicyclic amines) is 1. The molecule has 5 atom stereocenters. The first kappa shape index (κ1) is 21.0. The average Bonchev–Trinajstić information content (AvgIpc) is 3.37. The maximum Gasteiger partial charge on any atom is 0.289 e. The summed E-state index contributed by atoms with van der Waals surface area (Å²) in [6.45, 7) is 2.41. The summed E-state index contributed by atoms with van der Waals surface area (Å²) in [4.78, 5) is 18.3. The summed E-state index contributed by atoms with van der Waals surface area (Å²) in [7, 11) is 1.99. The lowest BCUT2D eigenvalue weighted by Gasteiger charge is -2.63. The molecule has 180 valence electrons. The molecule has 4 bridgehead atoms. The van der Waals surface area contributed by atoms with E-state index < -0.39 is 0 Å². The highest BCUT2D eigenvalue weighted by Gasteiger charge is 2.70. The predicted octanol–water partition coefficient (Wildman–Crippen LogP) is 4.98. The van der Waals surface area contributed by atoms with Crippen LogP contribution in [0, 0.1) is 17.3 Å². The molecular formula is C29H36N2O3. The van der Waals surface area contributed by atoms with E-state index in [1.54, 1.807) is 18.4 Å². The lowest BCUT2D eigenvalue weighted by molar-refractivity contribution is -0.0711. The Morgan fingerprint density at radius 3 is 2.85 bits per heavy atom. The van der Waals surface area contributed by atoms with E-state index in [1.165, 1.54) is 56.2 Å². The van der Waals surface area contributed by atoms with Crippen molar-refractivity contribution in [1.82, 2.24) is 9.80 Å². The van der Waals surface area contributed by atoms with Crippen LogP contribution in [0.2, 0.25) is 0 Å². The highest BCUT2D eigenvalue weighted by Crippen LogP contribution is 2.71. The van der Waals surface area contributed by atoms with E-state index in [2.05, 4.69) is 17.0 Å². The molecule has 1 aliphatic heterocycles. The Hall–Kier alpha value is -2.27. The van der Waals surface area contributed by atoms with Crippen molar-refractivity contribution in [2.75, 3.05) is 20.1 Å². The topological polar surface area (TPSA) is 56.9 Å². The molecule has 1 amide bonds. The van der Waals surface area contributed by atoms with Gasteiger partial charge in [-0.1, -0.05) is 12.5 Å². The van der Waals surface area contributed by atoms with E-state index >= 15 is 0 Å². The van der Waals surface area contributed by atoms with E-state index in [1.807, 2.05) is 18.0 Å². The lowest BCUT2D eigenvalue weighted by Crippen LogP contribution is -2.67. The highest BCUT2D eigenvalue weighted by molar-refractivity contribution is 5.91. The van der Waals surface area contributed by atoms with Crippen molar-refractivity contribution in [3.8, 4) is 5.75 Å². The number of rotatable bonds is 4. The number of carbonyl (C=O) groups is 1.